The van der Waals surface area contributed by atoms with Gasteiger partial charge in [-0.2, -0.15) is 0 Å². The van der Waals surface area contributed by atoms with Crippen LogP contribution >= 0.6 is 11.6 Å². The predicted octanol–water partition coefficient (Wildman–Crippen LogP) is 3.03. The first-order valence-electron chi connectivity index (χ1n) is 5.96. The smallest absolute Gasteiger partial charge is 0.347 e. The summed E-state index contributed by atoms with van der Waals surface area (Å²) in [7, 11) is 0. The zero-order valence-electron chi connectivity index (χ0n) is 10.6. The largest absolute Gasteiger partial charge is 0.479 e. The number of carbonyl (C=O) groups is 1. The van der Waals surface area contributed by atoms with Gasteiger partial charge in [0.1, 0.15) is 5.75 Å². The maximum Gasteiger partial charge on any atom is 0.347 e. The fourth-order valence-corrected chi connectivity index (χ4v) is 1.64. The summed E-state index contributed by atoms with van der Waals surface area (Å²) in [5.74, 6) is 0.160. The summed E-state index contributed by atoms with van der Waals surface area (Å²) in [6, 6.07) is 4.92. The minimum absolute atomic E-state index is 0.338. The summed E-state index contributed by atoms with van der Waals surface area (Å²) in [4.78, 5) is 11.7. The van der Waals surface area contributed by atoms with Crippen molar-refractivity contribution in [3.8, 4) is 5.75 Å². The highest BCUT2D eigenvalue weighted by Crippen LogP contribution is 2.25. The fourth-order valence-electron chi connectivity index (χ4n) is 1.47. The number of carbonyl (C=O) groups excluding carboxylic acids is 1. The second kappa shape index (κ2) is 7.11. The molecule has 1 unspecified atom stereocenters. The molecule has 0 aliphatic heterocycles. The van der Waals surface area contributed by atoms with Gasteiger partial charge in [0.25, 0.3) is 0 Å². The highest BCUT2D eigenvalue weighted by atomic mass is 35.5. The van der Waals surface area contributed by atoms with E-state index in [-0.39, 0.29) is 5.97 Å². The Balaban J connectivity index is 2.76. The zero-order chi connectivity index (χ0) is 13.5. The first-order valence-corrected chi connectivity index (χ1v) is 6.34. The van der Waals surface area contributed by atoms with Crippen molar-refractivity contribution in [2.45, 2.75) is 32.8 Å². The molecule has 2 N–H and O–H groups in total. The van der Waals surface area contributed by atoms with Crippen LogP contribution < -0.4 is 10.5 Å². The van der Waals surface area contributed by atoms with Crippen LogP contribution in [-0.2, 0) is 9.53 Å². The molecule has 5 heteroatoms. The van der Waals surface area contributed by atoms with Crippen molar-refractivity contribution in [1.82, 2.24) is 0 Å². The normalized spacial score (nSPS) is 11.9. The van der Waals surface area contributed by atoms with Gasteiger partial charge in [0.15, 0.2) is 6.10 Å². The van der Waals surface area contributed by atoms with Gasteiger partial charge in [0.05, 0.1) is 17.3 Å². The van der Waals surface area contributed by atoms with Crippen LogP contribution in [-0.4, -0.2) is 18.7 Å². The number of benzene rings is 1. The number of rotatable bonds is 6. The van der Waals surface area contributed by atoms with E-state index in [9.17, 15) is 4.79 Å². The molecule has 0 aromatic heterocycles. The molecule has 4 nitrogen and oxygen atoms in total. The van der Waals surface area contributed by atoms with Crippen LogP contribution in [0.4, 0.5) is 5.69 Å². The molecule has 0 heterocycles. The second-order valence-electron chi connectivity index (χ2n) is 3.83. The molecular formula is C13H18ClNO3. The van der Waals surface area contributed by atoms with Crippen LogP contribution in [0.2, 0.25) is 5.02 Å². The van der Waals surface area contributed by atoms with E-state index in [2.05, 4.69) is 0 Å². The van der Waals surface area contributed by atoms with E-state index in [1.165, 1.54) is 0 Å². The molecule has 1 aromatic rings. The quantitative estimate of drug-likeness (QED) is 0.638. The van der Waals surface area contributed by atoms with Crippen molar-refractivity contribution in [2.24, 2.45) is 0 Å². The lowest BCUT2D eigenvalue weighted by Gasteiger charge is -2.17. The highest BCUT2D eigenvalue weighted by molar-refractivity contribution is 6.33. The van der Waals surface area contributed by atoms with Gasteiger partial charge in [0.2, 0.25) is 0 Å². The van der Waals surface area contributed by atoms with Crippen molar-refractivity contribution in [1.29, 1.82) is 0 Å². The fraction of sp³-hybridized carbons (Fsp3) is 0.462. The molecule has 1 aromatic carbocycles. The summed E-state index contributed by atoms with van der Waals surface area (Å²) in [5.41, 5.74) is 6.09. The summed E-state index contributed by atoms with van der Waals surface area (Å²) in [6.45, 7) is 4.08. The molecule has 0 aliphatic carbocycles. The van der Waals surface area contributed by atoms with Gasteiger partial charge in [-0.1, -0.05) is 24.9 Å². The Kier molecular flexibility index (Phi) is 5.78. The molecule has 0 spiro atoms. The molecule has 0 bridgehead atoms. The topological polar surface area (TPSA) is 61.5 Å². The molecule has 100 valence electrons. The van der Waals surface area contributed by atoms with Crippen molar-refractivity contribution >= 4 is 23.3 Å². The Labute approximate surface area is 112 Å². The molecule has 0 amide bonds. The van der Waals surface area contributed by atoms with Gasteiger partial charge in [-0.05, 0) is 25.5 Å². The molecule has 0 saturated carbocycles. The molecule has 0 radical (unpaired) electrons. The SMILES string of the molecule is CCCC(Oc1ccc(N)c(Cl)c1)C(=O)OCC. The molecule has 0 aliphatic rings. The van der Waals surface area contributed by atoms with Gasteiger partial charge in [-0.3, -0.25) is 0 Å². The average molecular weight is 272 g/mol. The van der Waals surface area contributed by atoms with E-state index >= 15 is 0 Å². The number of halogens is 1. The summed E-state index contributed by atoms with van der Waals surface area (Å²) < 4.78 is 10.6. The van der Waals surface area contributed by atoms with Crippen molar-refractivity contribution in [2.75, 3.05) is 12.3 Å². The van der Waals surface area contributed by atoms with E-state index in [0.29, 0.717) is 29.5 Å². The van der Waals surface area contributed by atoms with E-state index in [1.54, 1.807) is 25.1 Å². The predicted molar refractivity (Wildman–Crippen MR) is 71.8 cm³/mol. The molecular weight excluding hydrogens is 254 g/mol. The van der Waals surface area contributed by atoms with Crippen LogP contribution in [0.5, 0.6) is 5.75 Å². The lowest BCUT2D eigenvalue weighted by Crippen LogP contribution is -2.29. The summed E-state index contributed by atoms with van der Waals surface area (Å²) in [5, 5.41) is 0.409. The Morgan fingerprint density at radius 3 is 2.72 bits per heavy atom. The Bertz CT molecular complexity index is 409. The third-order valence-electron chi connectivity index (χ3n) is 2.35. The molecule has 1 atom stereocenters. The Hall–Kier alpha value is -1.42. The minimum atomic E-state index is -0.602. The maximum atomic E-state index is 11.7. The lowest BCUT2D eigenvalue weighted by molar-refractivity contribution is -0.151. The summed E-state index contributed by atoms with van der Waals surface area (Å²) in [6.07, 6.45) is 0.821. The number of hydrogen-bond donors (Lipinski definition) is 1. The van der Waals surface area contributed by atoms with E-state index in [4.69, 9.17) is 26.8 Å². The minimum Gasteiger partial charge on any atom is -0.479 e. The number of nitrogen functional groups attached to an aromatic ring is 1. The molecule has 1 rings (SSSR count). The number of hydrogen-bond acceptors (Lipinski definition) is 4. The third kappa shape index (κ3) is 4.11. The van der Waals surface area contributed by atoms with Gasteiger partial charge in [-0.15, -0.1) is 0 Å². The first-order chi connectivity index (χ1) is 8.58. The van der Waals surface area contributed by atoms with Crippen molar-refractivity contribution in [3.63, 3.8) is 0 Å². The van der Waals surface area contributed by atoms with Crippen molar-refractivity contribution in [3.05, 3.63) is 23.2 Å². The van der Waals surface area contributed by atoms with Crippen molar-refractivity contribution < 1.29 is 14.3 Å². The van der Waals surface area contributed by atoms with E-state index in [1.807, 2.05) is 6.92 Å². The van der Waals surface area contributed by atoms with Gasteiger partial charge in [0, 0.05) is 6.07 Å². The number of ether oxygens (including phenoxy) is 2. The van der Waals surface area contributed by atoms with Gasteiger partial charge in [-0.25, -0.2) is 4.79 Å². The Morgan fingerprint density at radius 2 is 2.17 bits per heavy atom. The number of nitrogens with two attached hydrogens (primary N) is 1. The van der Waals surface area contributed by atoms with E-state index in [0.717, 1.165) is 6.42 Å². The molecule has 18 heavy (non-hydrogen) atoms. The highest BCUT2D eigenvalue weighted by Gasteiger charge is 2.20. The molecule has 0 saturated heterocycles. The van der Waals surface area contributed by atoms with E-state index < -0.39 is 6.10 Å². The third-order valence-corrected chi connectivity index (χ3v) is 2.68. The summed E-state index contributed by atoms with van der Waals surface area (Å²) >= 11 is 5.89. The van der Waals surface area contributed by atoms with Gasteiger partial charge < -0.3 is 15.2 Å². The average Bonchev–Trinajstić information content (AvgIpc) is 2.33. The first kappa shape index (κ1) is 14.6. The van der Waals surface area contributed by atoms with Crippen LogP contribution in [0.3, 0.4) is 0 Å². The van der Waals surface area contributed by atoms with Crippen LogP contribution in [0.1, 0.15) is 26.7 Å². The standard InChI is InChI=1S/C13H18ClNO3/c1-3-5-12(13(16)17-4-2)18-9-6-7-11(15)10(14)8-9/h6-8,12H,3-5,15H2,1-2H3. The number of esters is 1. The number of anilines is 1. The second-order valence-corrected chi connectivity index (χ2v) is 4.24. The van der Waals surface area contributed by atoms with Crippen LogP contribution in [0.25, 0.3) is 0 Å². The monoisotopic (exact) mass is 271 g/mol. The van der Waals surface area contributed by atoms with Crippen LogP contribution in [0.15, 0.2) is 18.2 Å². The zero-order valence-corrected chi connectivity index (χ0v) is 11.4. The maximum absolute atomic E-state index is 11.7. The molecule has 0 fully saturated rings. The van der Waals surface area contributed by atoms with Crippen LogP contribution in [0, 0.1) is 0 Å². The lowest BCUT2D eigenvalue weighted by atomic mass is 10.2. The van der Waals surface area contributed by atoms with Gasteiger partial charge >= 0.3 is 5.97 Å². The Morgan fingerprint density at radius 1 is 1.44 bits per heavy atom.